The molecule has 0 radical (unpaired) electrons. The van der Waals surface area contributed by atoms with Crippen molar-refractivity contribution in [1.82, 2.24) is 0 Å². The summed E-state index contributed by atoms with van der Waals surface area (Å²) in [5.41, 5.74) is 0.664. The predicted octanol–water partition coefficient (Wildman–Crippen LogP) is 2.75. The average molecular weight is 378 g/mol. The molecule has 2 aromatic rings. The Bertz CT molecular complexity index is 761. The van der Waals surface area contributed by atoms with Crippen molar-refractivity contribution in [2.45, 2.75) is 0 Å². The molecule has 8 nitrogen and oxygen atoms in total. The van der Waals surface area contributed by atoms with E-state index in [0.29, 0.717) is 40.6 Å². The Labute approximate surface area is 157 Å². The molecule has 146 valence electrons. The van der Waals surface area contributed by atoms with Gasteiger partial charge in [-0.3, -0.25) is 9.59 Å². The predicted molar refractivity (Wildman–Crippen MR) is 98.1 cm³/mol. The van der Waals surface area contributed by atoms with Crippen LogP contribution in [0.25, 0.3) is 0 Å². The summed E-state index contributed by atoms with van der Waals surface area (Å²) in [6.45, 7) is 0. The molecule has 0 amide bonds. The van der Waals surface area contributed by atoms with Crippen molar-refractivity contribution in [3.05, 3.63) is 35.4 Å². The van der Waals surface area contributed by atoms with Crippen LogP contribution in [-0.2, 0) is 0 Å². The maximum atomic E-state index is 10.6. The van der Waals surface area contributed by atoms with Crippen LogP contribution in [0.5, 0.6) is 34.5 Å². The fourth-order valence-electron chi connectivity index (χ4n) is 2.15. The van der Waals surface area contributed by atoms with Gasteiger partial charge in [0.2, 0.25) is 5.75 Å². The molecule has 0 unspecified atom stereocenters. The van der Waals surface area contributed by atoms with Crippen LogP contribution in [0.1, 0.15) is 20.7 Å². The van der Waals surface area contributed by atoms with E-state index in [-0.39, 0.29) is 11.3 Å². The van der Waals surface area contributed by atoms with Gasteiger partial charge in [-0.05, 0) is 18.2 Å². The van der Waals surface area contributed by atoms with Crippen molar-refractivity contribution in [2.24, 2.45) is 0 Å². The molecule has 0 aliphatic heterocycles. The van der Waals surface area contributed by atoms with E-state index in [1.165, 1.54) is 47.7 Å². The zero-order chi connectivity index (χ0) is 20.4. The van der Waals surface area contributed by atoms with Gasteiger partial charge in [-0.15, -0.1) is 0 Å². The summed E-state index contributed by atoms with van der Waals surface area (Å²) in [5, 5.41) is 9.28. The molecule has 0 aliphatic rings. The van der Waals surface area contributed by atoms with E-state index >= 15 is 0 Å². The minimum Gasteiger partial charge on any atom is -0.507 e. The summed E-state index contributed by atoms with van der Waals surface area (Å²) in [6.07, 6.45) is 1.28. The second kappa shape index (κ2) is 10.5. The third-order valence-electron chi connectivity index (χ3n) is 3.48. The van der Waals surface area contributed by atoms with Crippen LogP contribution in [0, 0.1) is 0 Å². The summed E-state index contributed by atoms with van der Waals surface area (Å²) >= 11 is 0. The minimum atomic E-state index is -0.118. The van der Waals surface area contributed by atoms with E-state index in [1.807, 2.05) is 0 Å². The van der Waals surface area contributed by atoms with Gasteiger partial charge < -0.3 is 28.8 Å². The zero-order valence-electron chi connectivity index (χ0n) is 15.8. The van der Waals surface area contributed by atoms with Crippen LogP contribution in [0.3, 0.4) is 0 Å². The molecule has 27 heavy (non-hydrogen) atoms. The minimum absolute atomic E-state index is 0.118. The van der Waals surface area contributed by atoms with Gasteiger partial charge in [0, 0.05) is 11.6 Å². The number of phenols is 1. The fourth-order valence-corrected chi connectivity index (χ4v) is 2.15. The van der Waals surface area contributed by atoms with Crippen molar-refractivity contribution >= 4 is 12.6 Å². The summed E-state index contributed by atoms with van der Waals surface area (Å²) < 4.78 is 25.1. The number of aromatic hydroxyl groups is 1. The molecule has 0 bridgehead atoms. The first kappa shape index (κ1) is 21.6. The van der Waals surface area contributed by atoms with Crippen LogP contribution in [-0.4, -0.2) is 53.2 Å². The van der Waals surface area contributed by atoms with Crippen LogP contribution in [0.15, 0.2) is 24.3 Å². The van der Waals surface area contributed by atoms with Crippen molar-refractivity contribution < 1.29 is 38.4 Å². The highest BCUT2D eigenvalue weighted by Crippen LogP contribution is 2.37. The number of carbonyl (C=O) groups is 2. The Kier molecular flexibility index (Phi) is 8.44. The maximum absolute atomic E-state index is 10.6. The van der Waals surface area contributed by atoms with Gasteiger partial charge in [-0.25, -0.2) is 0 Å². The molecule has 0 aliphatic carbocycles. The molecule has 8 heteroatoms. The van der Waals surface area contributed by atoms with Crippen LogP contribution in [0.2, 0.25) is 0 Å². The molecule has 0 spiro atoms. The van der Waals surface area contributed by atoms with Crippen molar-refractivity contribution in [3.8, 4) is 34.5 Å². The second-order valence-corrected chi connectivity index (χ2v) is 4.96. The quantitative estimate of drug-likeness (QED) is 0.734. The number of aldehydes is 2. The largest absolute Gasteiger partial charge is 0.507 e. The van der Waals surface area contributed by atoms with Crippen molar-refractivity contribution in [1.29, 1.82) is 0 Å². The van der Waals surface area contributed by atoms with Crippen LogP contribution < -0.4 is 23.7 Å². The SMILES string of the molecule is COc1cc(C=O)cc(OC)c1OC.COc1cc(O)c(C=O)cc1OC. The van der Waals surface area contributed by atoms with Gasteiger partial charge in [0.1, 0.15) is 12.0 Å². The molecule has 2 aromatic carbocycles. The Morgan fingerprint density at radius 1 is 0.667 bits per heavy atom. The number of phenolic OH excluding ortho intramolecular Hbond substituents is 1. The van der Waals surface area contributed by atoms with Crippen molar-refractivity contribution in [3.63, 3.8) is 0 Å². The number of benzene rings is 2. The van der Waals surface area contributed by atoms with E-state index < -0.39 is 0 Å². The lowest BCUT2D eigenvalue weighted by atomic mass is 10.2. The molecule has 0 heterocycles. The van der Waals surface area contributed by atoms with Crippen LogP contribution >= 0.6 is 0 Å². The van der Waals surface area contributed by atoms with Gasteiger partial charge in [-0.1, -0.05) is 0 Å². The first-order valence-electron chi connectivity index (χ1n) is 7.64. The molecule has 0 atom stereocenters. The van der Waals surface area contributed by atoms with Gasteiger partial charge in [0.15, 0.2) is 29.3 Å². The Hall–Kier alpha value is -3.42. The Morgan fingerprint density at radius 2 is 1.15 bits per heavy atom. The molecule has 2 rings (SSSR count). The fraction of sp³-hybridized carbons (Fsp3) is 0.263. The van der Waals surface area contributed by atoms with Crippen LogP contribution in [0.4, 0.5) is 0 Å². The van der Waals surface area contributed by atoms with Gasteiger partial charge in [-0.2, -0.15) is 0 Å². The Balaban J connectivity index is 0.000000271. The van der Waals surface area contributed by atoms with E-state index in [4.69, 9.17) is 23.7 Å². The lowest BCUT2D eigenvalue weighted by Gasteiger charge is -2.11. The van der Waals surface area contributed by atoms with E-state index in [9.17, 15) is 14.7 Å². The highest BCUT2D eigenvalue weighted by Gasteiger charge is 2.12. The van der Waals surface area contributed by atoms with E-state index in [2.05, 4.69) is 0 Å². The summed E-state index contributed by atoms with van der Waals surface area (Å²) in [5.74, 6) is 2.14. The lowest BCUT2D eigenvalue weighted by molar-refractivity contribution is 0.111. The first-order valence-corrected chi connectivity index (χ1v) is 7.64. The topological polar surface area (TPSA) is 101 Å². The number of hydrogen-bond acceptors (Lipinski definition) is 8. The molecule has 0 aromatic heterocycles. The third kappa shape index (κ3) is 5.27. The lowest BCUT2D eigenvalue weighted by Crippen LogP contribution is -1.96. The molecule has 0 fully saturated rings. The third-order valence-corrected chi connectivity index (χ3v) is 3.48. The molecule has 0 saturated heterocycles. The number of methoxy groups -OCH3 is 5. The molecule has 1 N–H and O–H groups in total. The molecule has 0 saturated carbocycles. The highest BCUT2D eigenvalue weighted by molar-refractivity contribution is 5.81. The monoisotopic (exact) mass is 378 g/mol. The number of rotatable bonds is 7. The Morgan fingerprint density at radius 3 is 1.52 bits per heavy atom. The first-order chi connectivity index (χ1) is 13.0. The summed E-state index contributed by atoms with van der Waals surface area (Å²) in [4.78, 5) is 21.0. The summed E-state index contributed by atoms with van der Waals surface area (Å²) in [7, 11) is 7.44. The smallest absolute Gasteiger partial charge is 0.203 e. The second-order valence-electron chi connectivity index (χ2n) is 4.96. The van der Waals surface area contributed by atoms with Crippen molar-refractivity contribution in [2.75, 3.05) is 35.5 Å². The van der Waals surface area contributed by atoms with Gasteiger partial charge in [0.25, 0.3) is 0 Å². The number of ether oxygens (including phenoxy) is 5. The molecular formula is C19H22O8. The number of carbonyl (C=O) groups excluding carboxylic acids is 2. The summed E-state index contributed by atoms with van der Waals surface area (Å²) in [6, 6.07) is 5.94. The molecular weight excluding hydrogens is 356 g/mol. The maximum Gasteiger partial charge on any atom is 0.203 e. The van der Waals surface area contributed by atoms with E-state index in [1.54, 1.807) is 12.1 Å². The zero-order valence-corrected chi connectivity index (χ0v) is 15.8. The van der Waals surface area contributed by atoms with Gasteiger partial charge in [0.05, 0.1) is 41.1 Å². The standard InChI is InChI=1S/C10H12O4.C9H10O4/c1-12-8-4-7(6-11)5-9(13-2)10(8)14-3;1-12-8-3-6(5-10)7(11)4-9(8)13-2/h4-6H,1-3H3;3-5,11H,1-2H3. The van der Waals surface area contributed by atoms with E-state index in [0.717, 1.165) is 6.29 Å². The average Bonchev–Trinajstić information content (AvgIpc) is 2.72. The normalized spacial score (nSPS) is 9.37. The number of hydrogen-bond donors (Lipinski definition) is 1. The highest BCUT2D eigenvalue weighted by atomic mass is 16.5. The van der Waals surface area contributed by atoms with Gasteiger partial charge >= 0.3 is 0 Å².